The van der Waals surface area contributed by atoms with E-state index in [1.165, 1.54) is 36.0 Å². The zero-order valence-electron chi connectivity index (χ0n) is 17.0. The van der Waals surface area contributed by atoms with Gasteiger partial charge in [0.1, 0.15) is 17.4 Å². The third kappa shape index (κ3) is 4.94. The number of hydrogen-bond acceptors (Lipinski definition) is 5. The Hall–Kier alpha value is -3.72. The molecule has 0 aliphatic rings. The number of nitrogens with zero attached hydrogens (tertiary/aromatic N) is 3. The Morgan fingerprint density at radius 3 is 2.19 bits per heavy atom. The number of carbonyl (C=O) groups is 1. The summed E-state index contributed by atoms with van der Waals surface area (Å²) in [6, 6.07) is 18.7. The minimum absolute atomic E-state index is 0.0781. The molecular weight excluding hydrogens is 434 g/mol. The first kappa shape index (κ1) is 21.5. The molecule has 0 unspecified atom stereocenters. The van der Waals surface area contributed by atoms with E-state index in [0.29, 0.717) is 33.7 Å². The first-order chi connectivity index (χ1) is 15.5. The van der Waals surface area contributed by atoms with Crippen LogP contribution in [0.2, 0.25) is 0 Å². The monoisotopic (exact) mass is 452 g/mol. The summed E-state index contributed by atoms with van der Waals surface area (Å²) in [4.78, 5) is 12.4. The molecule has 162 valence electrons. The van der Waals surface area contributed by atoms with Gasteiger partial charge in [0, 0.05) is 16.9 Å². The van der Waals surface area contributed by atoms with E-state index in [1.807, 2.05) is 0 Å². The van der Waals surface area contributed by atoms with E-state index in [-0.39, 0.29) is 23.3 Å². The van der Waals surface area contributed by atoms with Crippen molar-refractivity contribution in [2.24, 2.45) is 0 Å². The van der Waals surface area contributed by atoms with Crippen LogP contribution in [0.4, 0.5) is 14.5 Å². The Kier molecular flexibility index (Phi) is 6.46. The van der Waals surface area contributed by atoms with Crippen molar-refractivity contribution in [1.82, 2.24) is 14.8 Å². The summed E-state index contributed by atoms with van der Waals surface area (Å²) in [6.07, 6.45) is 0. The molecule has 3 aromatic carbocycles. The molecule has 0 spiro atoms. The highest BCUT2D eigenvalue weighted by Crippen LogP contribution is 2.28. The number of methoxy groups -OCH3 is 1. The highest BCUT2D eigenvalue weighted by molar-refractivity contribution is 7.99. The molecule has 1 heterocycles. The number of ether oxygens (including phenoxy) is 1. The van der Waals surface area contributed by atoms with Gasteiger partial charge in [-0.1, -0.05) is 11.8 Å². The van der Waals surface area contributed by atoms with Gasteiger partial charge in [0.25, 0.3) is 0 Å². The Morgan fingerprint density at radius 2 is 1.56 bits per heavy atom. The van der Waals surface area contributed by atoms with Crippen LogP contribution in [0.5, 0.6) is 5.75 Å². The molecule has 0 bridgehead atoms. The van der Waals surface area contributed by atoms with Crippen LogP contribution in [0.3, 0.4) is 0 Å². The molecule has 4 rings (SSSR count). The number of carbonyl (C=O) groups excluding carboxylic acids is 1. The number of aromatic nitrogens is 3. The summed E-state index contributed by atoms with van der Waals surface area (Å²) in [5, 5.41) is 11.7. The molecule has 1 aromatic heterocycles. The summed E-state index contributed by atoms with van der Waals surface area (Å²) in [5.74, 6) is 0.254. The lowest BCUT2D eigenvalue weighted by molar-refractivity contribution is -0.113. The van der Waals surface area contributed by atoms with Crippen molar-refractivity contribution in [2.45, 2.75) is 5.16 Å². The van der Waals surface area contributed by atoms with Gasteiger partial charge < -0.3 is 10.1 Å². The molecule has 0 atom stereocenters. The molecule has 0 radical (unpaired) electrons. The van der Waals surface area contributed by atoms with Gasteiger partial charge in [0.15, 0.2) is 11.0 Å². The highest BCUT2D eigenvalue weighted by Gasteiger charge is 2.17. The zero-order chi connectivity index (χ0) is 22.5. The average molecular weight is 452 g/mol. The van der Waals surface area contributed by atoms with Crippen LogP contribution in [0.25, 0.3) is 17.1 Å². The lowest BCUT2D eigenvalue weighted by Crippen LogP contribution is -2.14. The van der Waals surface area contributed by atoms with Gasteiger partial charge in [-0.3, -0.25) is 9.36 Å². The van der Waals surface area contributed by atoms with Gasteiger partial charge in [-0.2, -0.15) is 0 Å². The number of nitrogens with one attached hydrogen (secondary N) is 1. The number of anilines is 1. The van der Waals surface area contributed by atoms with E-state index in [1.54, 1.807) is 60.2 Å². The maximum Gasteiger partial charge on any atom is 0.234 e. The van der Waals surface area contributed by atoms with Crippen molar-refractivity contribution in [3.05, 3.63) is 84.4 Å². The predicted molar refractivity (Wildman–Crippen MR) is 119 cm³/mol. The molecule has 1 amide bonds. The second-order valence-electron chi connectivity index (χ2n) is 6.69. The first-order valence-corrected chi connectivity index (χ1v) is 10.6. The highest BCUT2D eigenvalue weighted by atomic mass is 32.2. The summed E-state index contributed by atoms with van der Waals surface area (Å²) < 4.78 is 33.6. The number of thioether (sulfide) groups is 1. The lowest BCUT2D eigenvalue weighted by atomic mass is 10.2. The quantitative estimate of drug-likeness (QED) is 0.402. The van der Waals surface area contributed by atoms with E-state index in [2.05, 4.69) is 15.5 Å². The summed E-state index contributed by atoms with van der Waals surface area (Å²) >= 11 is 1.18. The van der Waals surface area contributed by atoms with Gasteiger partial charge in [-0.15, -0.1) is 10.2 Å². The Bertz CT molecular complexity index is 1210. The normalized spacial score (nSPS) is 10.7. The third-order valence-corrected chi connectivity index (χ3v) is 5.46. The number of amides is 1. The number of rotatable bonds is 7. The van der Waals surface area contributed by atoms with Gasteiger partial charge in [-0.05, 0) is 72.8 Å². The zero-order valence-corrected chi connectivity index (χ0v) is 17.8. The maximum absolute atomic E-state index is 13.5. The standard InChI is InChI=1S/C23H18F2N4O2S/c1-31-20-12-8-18(9-13-20)26-21(30)14-32-23-28-27-22(15-2-4-16(24)5-3-15)29(23)19-10-6-17(25)7-11-19/h2-13H,14H2,1H3,(H,26,30). The van der Waals surface area contributed by atoms with Crippen molar-refractivity contribution in [1.29, 1.82) is 0 Å². The number of benzene rings is 3. The molecule has 0 aliphatic carbocycles. The predicted octanol–water partition coefficient (Wildman–Crippen LogP) is 4.95. The second kappa shape index (κ2) is 9.61. The fraction of sp³-hybridized carbons (Fsp3) is 0.0870. The van der Waals surface area contributed by atoms with Crippen LogP contribution in [0.15, 0.2) is 78.0 Å². The van der Waals surface area contributed by atoms with Gasteiger partial charge >= 0.3 is 0 Å². The molecule has 32 heavy (non-hydrogen) atoms. The molecular formula is C23H18F2N4O2S. The van der Waals surface area contributed by atoms with Crippen molar-refractivity contribution < 1.29 is 18.3 Å². The van der Waals surface area contributed by atoms with E-state index in [0.717, 1.165) is 0 Å². The second-order valence-corrected chi connectivity index (χ2v) is 7.63. The minimum Gasteiger partial charge on any atom is -0.497 e. The summed E-state index contributed by atoms with van der Waals surface area (Å²) in [5.41, 5.74) is 1.90. The molecule has 1 N–H and O–H groups in total. The van der Waals surface area contributed by atoms with Gasteiger partial charge in [0.05, 0.1) is 12.9 Å². The molecule has 0 saturated heterocycles. The van der Waals surface area contributed by atoms with Crippen LogP contribution >= 0.6 is 11.8 Å². The minimum atomic E-state index is -0.377. The van der Waals surface area contributed by atoms with Crippen molar-refractivity contribution in [3.8, 4) is 22.8 Å². The van der Waals surface area contributed by atoms with Gasteiger partial charge in [0.2, 0.25) is 5.91 Å². The molecule has 4 aromatic rings. The molecule has 6 nitrogen and oxygen atoms in total. The average Bonchev–Trinajstić information content (AvgIpc) is 3.23. The largest absolute Gasteiger partial charge is 0.497 e. The van der Waals surface area contributed by atoms with Crippen molar-refractivity contribution >= 4 is 23.4 Å². The Labute approximate surface area is 187 Å². The lowest BCUT2D eigenvalue weighted by Gasteiger charge is -2.11. The van der Waals surface area contributed by atoms with Crippen LogP contribution in [-0.4, -0.2) is 33.5 Å². The van der Waals surface area contributed by atoms with Gasteiger partial charge in [-0.25, -0.2) is 8.78 Å². The number of halogens is 2. The van der Waals surface area contributed by atoms with Crippen molar-refractivity contribution in [3.63, 3.8) is 0 Å². The van der Waals surface area contributed by atoms with Crippen LogP contribution < -0.4 is 10.1 Å². The topological polar surface area (TPSA) is 69.0 Å². The third-order valence-electron chi connectivity index (χ3n) is 4.53. The fourth-order valence-electron chi connectivity index (χ4n) is 2.97. The maximum atomic E-state index is 13.5. The smallest absolute Gasteiger partial charge is 0.234 e. The molecule has 0 aliphatic heterocycles. The SMILES string of the molecule is COc1ccc(NC(=O)CSc2nnc(-c3ccc(F)cc3)n2-c2ccc(F)cc2)cc1. The van der Waals surface area contributed by atoms with Crippen LogP contribution in [0, 0.1) is 11.6 Å². The summed E-state index contributed by atoms with van der Waals surface area (Å²) in [6.45, 7) is 0. The van der Waals surface area contributed by atoms with E-state index in [4.69, 9.17) is 4.74 Å². The molecule has 0 fully saturated rings. The number of hydrogen-bond donors (Lipinski definition) is 1. The van der Waals surface area contributed by atoms with E-state index < -0.39 is 0 Å². The fourth-order valence-corrected chi connectivity index (χ4v) is 3.73. The van der Waals surface area contributed by atoms with Crippen LogP contribution in [-0.2, 0) is 4.79 Å². The Morgan fingerprint density at radius 1 is 0.938 bits per heavy atom. The first-order valence-electron chi connectivity index (χ1n) is 9.57. The van der Waals surface area contributed by atoms with E-state index in [9.17, 15) is 13.6 Å². The van der Waals surface area contributed by atoms with Crippen molar-refractivity contribution in [2.75, 3.05) is 18.2 Å². The molecule has 0 saturated carbocycles. The van der Waals surface area contributed by atoms with Crippen LogP contribution in [0.1, 0.15) is 0 Å². The summed E-state index contributed by atoms with van der Waals surface area (Å²) in [7, 11) is 1.57. The Balaban J connectivity index is 1.56. The molecule has 9 heteroatoms. The van der Waals surface area contributed by atoms with E-state index >= 15 is 0 Å².